The van der Waals surface area contributed by atoms with Crippen molar-refractivity contribution in [1.29, 1.82) is 0 Å². The lowest BCUT2D eigenvalue weighted by Crippen LogP contribution is -2.34. The molecule has 0 aliphatic carbocycles. The number of amides is 1. The van der Waals surface area contributed by atoms with E-state index in [1.54, 1.807) is 0 Å². The molecule has 3 heterocycles. The van der Waals surface area contributed by atoms with Crippen molar-refractivity contribution in [2.45, 2.75) is 32.7 Å². The summed E-state index contributed by atoms with van der Waals surface area (Å²) in [6, 6.07) is 4.47. The van der Waals surface area contributed by atoms with Gasteiger partial charge in [-0.15, -0.1) is 0 Å². The number of nitrogens with zero attached hydrogens (tertiary/aromatic N) is 2. The molecule has 0 saturated carbocycles. The Hall–Kier alpha value is -1.29. The van der Waals surface area contributed by atoms with Crippen molar-refractivity contribution >= 4 is 5.91 Å². The third-order valence-corrected chi connectivity index (χ3v) is 4.98. The molecule has 0 aromatic carbocycles. The van der Waals surface area contributed by atoms with Crippen LogP contribution in [0, 0.1) is 11.8 Å². The number of carbonyl (C=O) groups excluding carboxylic acids is 1. The first-order valence-electron chi connectivity index (χ1n) is 7.83. The molecule has 2 aliphatic rings. The minimum Gasteiger partial charge on any atom is -0.340 e. The van der Waals surface area contributed by atoms with Gasteiger partial charge < -0.3 is 14.8 Å². The van der Waals surface area contributed by atoms with Gasteiger partial charge in [-0.05, 0) is 49.9 Å². The summed E-state index contributed by atoms with van der Waals surface area (Å²) in [5.41, 5.74) is 0.873. The number of rotatable bonds is 2. The van der Waals surface area contributed by atoms with Crippen molar-refractivity contribution < 1.29 is 4.79 Å². The van der Waals surface area contributed by atoms with Gasteiger partial charge in [0.2, 0.25) is 0 Å². The molecule has 2 unspecified atom stereocenters. The number of hydrogen-bond acceptors (Lipinski definition) is 2. The molecule has 0 radical (unpaired) electrons. The number of aromatic nitrogens is 1. The van der Waals surface area contributed by atoms with E-state index in [1.807, 2.05) is 17.0 Å². The molecule has 4 nitrogen and oxygen atoms in total. The van der Waals surface area contributed by atoms with E-state index in [9.17, 15) is 4.79 Å². The smallest absolute Gasteiger partial charge is 0.270 e. The summed E-state index contributed by atoms with van der Waals surface area (Å²) in [5, 5.41) is 3.38. The lowest BCUT2D eigenvalue weighted by Gasteiger charge is -2.27. The minimum atomic E-state index is 0.213. The van der Waals surface area contributed by atoms with Crippen LogP contribution in [-0.4, -0.2) is 41.6 Å². The van der Waals surface area contributed by atoms with Gasteiger partial charge in [-0.2, -0.15) is 0 Å². The summed E-state index contributed by atoms with van der Waals surface area (Å²) in [5.74, 6) is 1.44. The van der Waals surface area contributed by atoms with Crippen LogP contribution < -0.4 is 5.32 Å². The number of hydrogen-bond donors (Lipinski definition) is 1. The molecule has 110 valence electrons. The van der Waals surface area contributed by atoms with Crippen LogP contribution in [0.5, 0.6) is 0 Å². The quantitative estimate of drug-likeness (QED) is 0.898. The predicted octanol–water partition coefficient (Wildman–Crippen LogP) is 2.14. The molecule has 2 aliphatic heterocycles. The largest absolute Gasteiger partial charge is 0.340 e. The van der Waals surface area contributed by atoms with Crippen molar-refractivity contribution in [3.05, 3.63) is 24.0 Å². The third kappa shape index (κ3) is 2.49. The summed E-state index contributed by atoms with van der Waals surface area (Å²) < 4.78 is 2.21. The Morgan fingerprint density at radius 2 is 1.85 bits per heavy atom. The highest BCUT2D eigenvalue weighted by Crippen LogP contribution is 2.26. The Balaban J connectivity index is 1.77. The molecular weight excluding hydrogens is 250 g/mol. The van der Waals surface area contributed by atoms with Gasteiger partial charge in [-0.1, -0.05) is 13.8 Å². The molecule has 3 rings (SSSR count). The highest BCUT2D eigenvalue weighted by molar-refractivity contribution is 5.93. The Morgan fingerprint density at radius 1 is 1.20 bits per heavy atom. The van der Waals surface area contributed by atoms with Crippen molar-refractivity contribution in [3.8, 4) is 0 Å². The van der Waals surface area contributed by atoms with E-state index in [2.05, 4.69) is 29.9 Å². The fourth-order valence-electron chi connectivity index (χ4n) is 3.44. The van der Waals surface area contributed by atoms with Gasteiger partial charge in [-0.25, -0.2) is 0 Å². The summed E-state index contributed by atoms with van der Waals surface area (Å²) >= 11 is 0. The summed E-state index contributed by atoms with van der Waals surface area (Å²) in [7, 11) is 0. The average Bonchev–Trinajstić information content (AvgIpc) is 3.07. The van der Waals surface area contributed by atoms with Crippen LogP contribution >= 0.6 is 0 Å². The van der Waals surface area contributed by atoms with Crippen LogP contribution in [0.1, 0.15) is 43.2 Å². The highest BCUT2D eigenvalue weighted by atomic mass is 16.2. The molecule has 1 aromatic rings. The molecule has 2 saturated heterocycles. The van der Waals surface area contributed by atoms with E-state index in [-0.39, 0.29) is 5.91 Å². The molecule has 1 amide bonds. The summed E-state index contributed by atoms with van der Waals surface area (Å²) in [6.07, 6.45) is 4.30. The van der Waals surface area contributed by atoms with Gasteiger partial charge in [0.25, 0.3) is 5.91 Å². The van der Waals surface area contributed by atoms with Gasteiger partial charge in [0, 0.05) is 25.3 Å². The Kier molecular flexibility index (Phi) is 3.83. The second-order valence-electron chi connectivity index (χ2n) is 6.45. The van der Waals surface area contributed by atoms with Crippen LogP contribution in [0.25, 0.3) is 0 Å². The number of nitrogens with one attached hydrogen (secondary N) is 1. The molecule has 20 heavy (non-hydrogen) atoms. The van der Waals surface area contributed by atoms with Crippen molar-refractivity contribution in [3.63, 3.8) is 0 Å². The third-order valence-electron chi connectivity index (χ3n) is 4.98. The van der Waals surface area contributed by atoms with Gasteiger partial charge >= 0.3 is 0 Å². The van der Waals surface area contributed by atoms with Gasteiger partial charge in [-0.3, -0.25) is 4.79 Å². The van der Waals surface area contributed by atoms with Crippen molar-refractivity contribution in [2.75, 3.05) is 26.2 Å². The van der Waals surface area contributed by atoms with E-state index >= 15 is 0 Å². The molecule has 2 fully saturated rings. The molecule has 1 aromatic heterocycles. The predicted molar refractivity (Wildman–Crippen MR) is 79.8 cm³/mol. The zero-order valence-electron chi connectivity index (χ0n) is 12.5. The first-order chi connectivity index (χ1) is 9.66. The first kappa shape index (κ1) is 13.7. The van der Waals surface area contributed by atoms with Gasteiger partial charge in [0.1, 0.15) is 5.69 Å². The summed E-state index contributed by atoms with van der Waals surface area (Å²) in [4.78, 5) is 14.8. The Labute approximate surface area is 121 Å². The Morgan fingerprint density at radius 3 is 2.50 bits per heavy atom. The maximum Gasteiger partial charge on any atom is 0.270 e. The molecule has 0 spiro atoms. The second kappa shape index (κ2) is 5.60. The van der Waals surface area contributed by atoms with E-state index < -0.39 is 0 Å². The number of piperidine rings is 1. The molecule has 2 atom stereocenters. The monoisotopic (exact) mass is 275 g/mol. The highest BCUT2D eigenvalue weighted by Gasteiger charge is 2.31. The zero-order valence-corrected chi connectivity index (χ0v) is 12.5. The van der Waals surface area contributed by atoms with Crippen LogP contribution in [-0.2, 0) is 0 Å². The number of likely N-dealkylation sites (tertiary alicyclic amines) is 1. The van der Waals surface area contributed by atoms with E-state index in [0.717, 1.165) is 44.7 Å². The van der Waals surface area contributed by atoms with Crippen molar-refractivity contribution in [2.24, 2.45) is 11.8 Å². The topological polar surface area (TPSA) is 37.3 Å². The fourth-order valence-corrected chi connectivity index (χ4v) is 3.44. The normalized spacial score (nSPS) is 28.0. The molecule has 4 heteroatoms. The number of carbonyl (C=O) groups is 1. The van der Waals surface area contributed by atoms with Crippen LogP contribution in [0.15, 0.2) is 18.3 Å². The summed E-state index contributed by atoms with van der Waals surface area (Å²) in [6.45, 7) is 8.38. The molecule has 1 N–H and O–H groups in total. The average molecular weight is 275 g/mol. The minimum absolute atomic E-state index is 0.213. The standard InChI is InChI=1S/C16H25N3O/c1-12-10-18(11-13(12)2)16(20)15-4-3-9-19(15)14-5-7-17-8-6-14/h3-4,9,12-14,17H,5-8,10-11H2,1-2H3. The molecular formula is C16H25N3O. The van der Waals surface area contributed by atoms with Crippen LogP contribution in [0.3, 0.4) is 0 Å². The van der Waals surface area contributed by atoms with Gasteiger partial charge in [0.05, 0.1) is 0 Å². The first-order valence-corrected chi connectivity index (χ1v) is 7.83. The lowest BCUT2D eigenvalue weighted by atomic mass is 10.0. The molecule has 0 bridgehead atoms. The van der Waals surface area contributed by atoms with Crippen LogP contribution in [0.2, 0.25) is 0 Å². The van der Waals surface area contributed by atoms with Crippen molar-refractivity contribution in [1.82, 2.24) is 14.8 Å². The van der Waals surface area contributed by atoms with E-state index in [4.69, 9.17) is 0 Å². The maximum absolute atomic E-state index is 12.8. The lowest BCUT2D eigenvalue weighted by molar-refractivity contribution is 0.0770. The van der Waals surface area contributed by atoms with Crippen LogP contribution in [0.4, 0.5) is 0 Å². The SMILES string of the molecule is CC1CN(C(=O)c2cccn2C2CCNCC2)CC1C. The Bertz CT molecular complexity index is 466. The fraction of sp³-hybridized carbons (Fsp3) is 0.688. The van der Waals surface area contributed by atoms with E-state index in [0.29, 0.717) is 17.9 Å². The van der Waals surface area contributed by atoms with E-state index in [1.165, 1.54) is 0 Å². The van der Waals surface area contributed by atoms with Gasteiger partial charge in [0.15, 0.2) is 0 Å². The maximum atomic E-state index is 12.8. The second-order valence-corrected chi connectivity index (χ2v) is 6.45. The zero-order chi connectivity index (χ0) is 14.1.